The van der Waals surface area contributed by atoms with Crippen LogP contribution in [0.2, 0.25) is 0 Å². The van der Waals surface area contributed by atoms with Gasteiger partial charge in [0.15, 0.2) is 5.12 Å². The number of carbonyl (C=O) groups is 3. The predicted molar refractivity (Wildman–Crippen MR) is 109 cm³/mol. The number of hydrogen-bond donors (Lipinski definition) is 1. The summed E-state index contributed by atoms with van der Waals surface area (Å²) in [7, 11) is 0. The second kappa shape index (κ2) is 10.6. The molecule has 0 atom stereocenters. The van der Waals surface area contributed by atoms with Gasteiger partial charge in [-0.2, -0.15) is 0 Å². The highest BCUT2D eigenvalue weighted by Crippen LogP contribution is 2.08. The van der Waals surface area contributed by atoms with Crippen molar-refractivity contribution in [3.63, 3.8) is 0 Å². The van der Waals surface area contributed by atoms with Crippen molar-refractivity contribution in [1.82, 2.24) is 10.2 Å². The molecule has 1 fully saturated rings. The quantitative estimate of drug-likeness (QED) is 0.647. The zero-order valence-corrected chi connectivity index (χ0v) is 17.5. The molecule has 1 N–H and O–H groups in total. The molecule has 1 aliphatic heterocycles. The van der Waals surface area contributed by atoms with Gasteiger partial charge >= 0.3 is 12.0 Å². The van der Waals surface area contributed by atoms with E-state index in [-0.39, 0.29) is 36.0 Å². The number of nitrogens with one attached hydrogen (secondary N) is 1. The van der Waals surface area contributed by atoms with Crippen LogP contribution >= 0.6 is 11.8 Å². The van der Waals surface area contributed by atoms with E-state index in [0.29, 0.717) is 31.9 Å². The van der Waals surface area contributed by atoms with Gasteiger partial charge in [0.2, 0.25) is 11.2 Å². The van der Waals surface area contributed by atoms with E-state index in [1.165, 1.54) is 11.7 Å². The zero-order valence-electron chi connectivity index (χ0n) is 16.7. The third-order valence-corrected chi connectivity index (χ3v) is 5.18. The molecule has 0 radical (unpaired) electrons. The summed E-state index contributed by atoms with van der Waals surface area (Å²) in [6.45, 7) is 3.76. The molecule has 2 amide bonds. The zero-order chi connectivity index (χ0) is 21.3. The summed E-state index contributed by atoms with van der Waals surface area (Å²) in [5.74, 6) is 0.382. The second-order valence-corrected chi connectivity index (χ2v) is 7.88. The Hall–Kier alpha value is -3.08. The highest BCUT2D eigenvalue weighted by Gasteiger charge is 2.29. The van der Waals surface area contributed by atoms with Gasteiger partial charge in [-0.15, -0.1) is 5.01 Å². The maximum atomic E-state index is 12.2. The average Bonchev–Trinajstić information content (AvgIpc) is 3.21. The monoisotopic (exact) mass is 434 g/mol. The molecule has 2 aromatic rings. The van der Waals surface area contributed by atoms with Gasteiger partial charge in [-0.1, -0.05) is 42.1 Å². The third kappa shape index (κ3) is 6.48. The number of aromatic nitrogens is 2. The van der Waals surface area contributed by atoms with Crippen LogP contribution in [0.25, 0.3) is 0 Å². The maximum Gasteiger partial charge on any atom is 0.410 e. The number of amides is 2. The highest BCUT2D eigenvalue weighted by molar-refractivity contribution is 8.13. The van der Waals surface area contributed by atoms with Gasteiger partial charge in [0.1, 0.15) is 6.61 Å². The number of anilines is 1. The van der Waals surface area contributed by atoms with Crippen LogP contribution in [0.1, 0.15) is 18.9 Å². The van der Waals surface area contributed by atoms with E-state index in [4.69, 9.17) is 9.26 Å². The Bertz CT molecular complexity index is 867. The molecule has 2 heterocycles. The summed E-state index contributed by atoms with van der Waals surface area (Å²) in [4.78, 5) is 38.1. The molecule has 0 unspecified atom stereocenters. The number of benzene rings is 1. The summed E-state index contributed by atoms with van der Waals surface area (Å²) in [6.07, 6.45) is 1.42. The van der Waals surface area contributed by atoms with Crippen molar-refractivity contribution >= 4 is 34.8 Å². The molecule has 1 saturated heterocycles. The van der Waals surface area contributed by atoms with Crippen LogP contribution < -0.4 is 15.1 Å². The Kier molecular flexibility index (Phi) is 7.66. The first kappa shape index (κ1) is 21.6. The number of ether oxygens (including phenoxy) is 1. The lowest BCUT2D eigenvalue weighted by Gasteiger charge is -2.29. The maximum absolute atomic E-state index is 12.2. The minimum absolute atomic E-state index is 0.0246. The number of piperazine rings is 1. The van der Waals surface area contributed by atoms with Crippen molar-refractivity contribution in [2.45, 2.75) is 20.0 Å². The molecule has 11 heteroatoms. The summed E-state index contributed by atoms with van der Waals surface area (Å²) < 4.78 is 10.5. The molecule has 0 spiro atoms. The van der Waals surface area contributed by atoms with E-state index in [9.17, 15) is 14.4 Å². The number of hydrogen-bond acceptors (Lipinski definition) is 8. The van der Waals surface area contributed by atoms with Crippen molar-refractivity contribution in [3.05, 3.63) is 42.1 Å². The Morgan fingerprint density at radius 3 is 2.63 bits per heavy atom. The summed E-state index contributed by atoms with van der Waals surface area (Å²) in [5, 5.41) is 8.39. The van der Waals surface area contributed by atoms with E-state index < -0.39 is 0 Å². The van der Waals surface area contributed by atoms with Crippen LogP contribution in [0.5, 0.6) is 0 Å². The third-order valence-electron chi connectivity index (χ3n) is 4.36. The lowest BCUT2D eigenvalue weighted by atomic mass is 10.2. The largest absolute Gasteiger partial charge is 0.445 e. The molecular weight excluding hydrogens is 410 g/mol. The number of nitrogens with zero attached hydrogens (tertiary/aromatic N) is 4. The Balaban J connectivity index is 1.41. The van der Waals surface area contributed by atoms with E-state index in [0.717, 1.165) is 17.3 Å². The summed E-state index contributed by atoms with van der Waals surface area (Å²) in [6, 6.07) is 9.53. The SMILES string of the molecule is CC(=O)SCCC(=O)Nc1c[n+](N2CCN(C(=O)OCc3ccccc3)CC2)no1. The summed E-state index contributed by atoms with van der Waals surface area (Å²) >= 11 is 1.10. The van der Waals surface area contributed by atoms with Crippen LogP contribution in [-0.4, -0.2) is 59.2 Å². The van der Waals surface area contributed by atoms with Gasteiger partial charge in [-0.25, -0.2) is 4.79 Å². The Morgan fingerprint density at radius 1 is 1.20 bits per heavy atom. The number of rotatable bonds is 7. The van der Waals surface area contributed by atoms with Gasteiger partial charge < -0.3 is 9.64 Å². The fraction of sp³-hybridized carbons (Fsp3) is 0.421. The van der Waals surface area contributed by atoms with Crippen molar-refractivity contribution < 1.29 is 28.4 Å². The first-order valence-electron chi connectivity index (χ1n) is 9.54. The molecule has 10 nitrogen and oxygen atoms in total. The van der Waals surface area contributed by atoms with Gasteiger partial charge in [-0.3, -0.25) is 19.4 Å². The molecule has 1 aromatic carbocycles. The van der Waals surface area contributed by atoms with Crippen LogP contribution in [0.4, 0.5) is 10.7 Å². The molecular formula is C19H24N5O5S+. The molecule has 0 bridgehead atoms. The van der Waals surface area contributed by atoms with Crippen LogP contribution in [0.15, 0.2) is 41.1 Å². The van der Waals surface area contributed by atoms with Gasteiger partial charge in [0, 0.05) is 32.2 Å². The molecule has 30 heavy (non-hydrogen) atoms. The first-order chi connectivity index (χ1) is 14.5. The fourth-order valence-corrected chi connectivity index (χ4v) is 3.38. The molecule has 1 aromatic heterocycles. The van der Waals surface area contributed by atoms with E-state index in [1.807, 2.05) is 35.3 Å². The van der Waals surface area contributed by atoms with Gasteiger partial charge in [0.05, 0.1) is 17.9 Å². The average molecular weight is 434 g/mol. The number of thioether (sulfide) groups is 1. The molecule has 3 rings (SSSR count). The summed E-state index contributed by atoms with van der Waals surface area (Å²) in [5.41, 5.74) is 0.942. The van der Waals surface area contributed by atoms with Crippen molar-refractivity contribution in [2.75, 3.05) is 42.3 Å². The Morgan fingerprint density at radius 2 is 1.93 bits per heavy atom. The highest BCUT2D eigenvalue weighted by atomic mass is 32.2. The Labute approximate surface area is 178 Å². The van der Waals surface area contributed by atoms with E-state index >= 15 is 0 Å². The predicted octanol–water partition coefficient (Wildman–Crippen LogP) is 1.16. The smallest absolute Gasteiger partial charge is 0.410 e. The molecule has 0 saturated carbocycles. The fourth-order valence-electron chi connectivity index (χ4n) is 2.81. The topological polar surface area (TPSA) is 109 Å². The minimum Gasteiger partial charge on any atom is -0.445 e. The lowest BCUT2D eigenvalue weighted by molar-refractivity contribution is -0.759. The van der Waals surface area contributed by atoms with Crippen LogP contribution in [0.3, 0.4) is 0 Å². The standard InChI is InChI=1S/C19H23N5O5S/c1-15(25)30-12-7-17(26)20-18-13-24(21-29-18)23-10-8-22(9-11-23)19(27)28-14-16-5-3-2-4-6-16/h2-6,13H,7-12,14H2,1H3/p+1. The van der Waals surface area contributed by atoms with Gasteiger partial charge in [-0.05, 0) is 5.56 Å². The lowest BCUT2D eigenvalue weighted by Crippen LogP contribution is -2.65. The van der Waals surface area contributed by atoms with Crippen LogP contribution in [0, 0.1) is 0 Å². The van der Waals surface area contributed by atoms with Crippen molar-refractivity contribution in [2.24, 2.45) is 0 Å². The van der Waals surface area contributed by atoms with Gasteiger partial charge in [0.25, 0.3) is 6.20 Å². The van der Waals surface area contributed by atoms with E-state index in [2.05, 4.69) is 10.6 Å². The molecule has 1 aliphatic rings. The molecule has 160 valence electrons. The minimum atomic E-state index is -0.347. The number of carbonyl (C=O) groups excluding carboxylic acids is 3. The first-order valence-corrected chi connectivity index (χ1v) is 10.5. The molecule has 0 aliphatic carbocycles. The second-order valence-electron chi connectivity index (χ2n) is 6.61. The van der Waals surface area contributed by atoms with E-state index in [1.54, 1.807) is 11.1 Å². The van der Waals surface area contributed by atoms with Crippen molar-refractivity contribution in [1.29, 1.82) is 0 Å². The van der Waals surface area contributed by atoms with Crippen LogP contribution in [-0.2, 0) is 20.9 Å². The normalized spacial score (nSPS) is 13.8. The van der Waals surface area contributed by atoms with Crippen molar-refractivity contribution in [3.8, 4) is 0 Å².